The van der Waals surface area contributed by atoms with E-state index >= 15 is 0 Å². The lowest BCUT2D eigenvalue weighted by Crippen LogP contribution is -2.32. The number of amides is 3. The predicted octanol–water partition coefficient (Wildman–Crippen LogP) is 3.05. The minimum Gasteiger partial charge on any atom is -0.325 e. The zero-order chi connectivity index (χ0) is 19.4. The topological polar surface area (TPSA) is 83.6 Å². The molecule has 0 atom stereocenters. The number of nitrogens with one attached hydrogen (secondary N) is 1. The summed E-state index contributed by atoms with van der Waals surface area (Å²) in [7, 11) is 0. The van der Waals surface area contributed by atoms with Crippen molar-refractivity contribution in [1.29, 1.82) is 0 Å². The Bertz CT molecular complexity index is 895. The molecule has 1 aliphatic heterocycles. The second-order valence-electron chi connectivity index (χ2n) is 6.12. The van der Waals surface area contributed by atoms with Gasteiger partial charge in [0.25, 0.3) is 0 Å². The number of hydrogen-bond acceptors (Lipinski definition) is 4. The largest absolute Gasteiger partial charge is 0.325 e. The highest BCUT2D eigenvalue weighted by Gasteiger charge is 2.28. The first kappa shape index (κ1) is 18.8. The maximum atomic E-state index is 12.7. The van der Waals surface area contributed by atoms with Crippen molar-refractivity contribution < 1.29 is 19.2 Å². The molecule has 0 aromatic heterocycles. The molecule has 1 N–H and O–H groups in total. The molecule has 0 saturated carbocycles. The van der Waals surface area contributed by atoms with Gasteiger partial charge in [0, 0.05) is 42.0 Å². The van der Waals surface area contributed by atoms with Gasteiger partial charge in [-0.1, -0.05) is 41.9 Å². The van der Waals surface area contributed by atoms with Gasteiger partial charge in [0.15, 0.2) is 5.78 Å². The van der Waals surface area contributed by atoms with Crippen molar-refractivity contribution in [1.82, 2.24) is 4.90 Å². The molecule has 7 heteroatoms. The lowest BCUT2D eigenvalue weighted by Gasteiger charge is -2.14. The fraction of sp³-hybridized carbons (Fsp3) is 0.200. The number of nitrogens with zero attached hydrogens (tertiary/aromatic N) is 1. The molecular formula is C20H17ClN2O4. The van der Waals surface area contributed by atoms with Crippen LogP contribution in [0.5, 0.6) is 0 Å². The van der Waals surface area contributed by atoms with Gasteiger partial charge in [-0.25, -0.2) is 0 Å². The minimum atomic E-state index is -0.396. The minimum absolute atomic E-state index is 0.0268. The number of benzene rings is 2. The Balaban J connectivity index is 1.73. The quantitative estimate of drug-likeness (QED) is 0.613. The molecule has 1 fully saturated rings. The number of imide groups is 1. The van der Waals surface area contributed by atoms with Crippen LogP contribution in [0.25, 0.3) is 0 Å². The van der Waals surface area contributed by atoms with E-state index in [9.17, 15) is 19.2 Å². The molecule has 1 aliphatic rings. The third-order valence-electron chi connectivity index (χ3n) is 4.25. The molecule has 3 amide bonds. The molecule has 1 saturated heterocycles. The molecule has 27 heavy (non-hydrogen) atoms. The first-order chi connectivity index (χ1) is 13.0. The molecule has 3 rings (SSSR count). The van der Waals surface area contributed by atoms with Crippen LogP contribution in [-0.4, -0.2) is 34.9 Å². The van der Waals surface area contributed by atoms with E-state index in [-0.39, 0.29) is 49.0 Å². The number of anilines is 1. The van der Waals surface area contributed by atoms with Gasteiger partial charge in [0.1, 0.15) is 0 Å². The van der Waals surface area contributed by atoms with Gasteiger partial charge in [-0.2, -0.15) is 0 Å². The summed E-state index contributed by atoms with van der Waals surface area (Å²) in [5.74, 6) is -1.19. The fourth-order valence-corrected chi connectivity index (χ4v) is 3.03. The molecular weight excluding hydrogens is 368 g/mol. The summed E-state index contributed by atoms with van der Waals surface area (Å²) in [4.78, 5) is 49.3. The van der Waals surface area contributed by atoms with Crippen LogP contribution in [0.1, 0.15) is 35.2 Å². The van der Waals surface area contributed by atoms with Crippen LogP contribution in [0.15, 0.2) is 48.5 Å². The second-order valence-corrected chi connectivity index (χ2v) is 6.56. The van der Waals surface area contributed by atoms with Crippen LogP contribution in [0, 0.1) is 0 Å². The van der Waals surface area contributed by atoms with E-state index in [4.69, 9.17) is 11.6 Å². The lowest BCUT2D eigenvalue weighted by atomic mass is 10.0. The molecule has 0 unspecified atom stereocenters. The fourth-order valence-electron chi connectivity index (χ4n) is 2.86. The summed E-state index contributed by atoms with van der Waals surface area (Å²) in [6.07, 6.45) is 0.333. The Labute approximate surface area is 161 Å². The Morgan fingerprint density at radius 3 is 2.33 bits per heavy atom. The molecule has 0 aliphatic carbocycles. The van der Waals surface area contributed by atoms with E-state index in [1.165, 1.54) is 6.07 Å². The van der Waals surface area contributed by atoms with Crippen LogP contribution in [0.3, 0.4) is 0 Å². The monoisotopic (exact) mass is 384 g/mol. The standard InChI is InChI=1S/C20H17ClN2O4/c21-14-6-7-16(15(12-14)20(27)13-4-2-1-3-5-13)22-17(24)10-11-23-18(25)8-9-19(23)26/h1-7,12H,8-11H2,(H,22,24). The van der Waals surface area contributed by atoms with E-state index in [0.29, 0.717) is 16.3 Å². The smallest absolute Gasteiger partial charge is 0.229 e. The second kappa shape index (κ2) is 8.14. The number of carbonyl (C=O) groups is 4. The van der Waals surface area contributed by atoms with E-state index in [1.807, 2.05) is 0 Å². The van der Waals surface area contributed by atoms with Crippen LogP contribution < -0.4 is 5.32 Å². The van der Waals surface area contributed by atoms with Gasteiger partial charge < -0.3 is 5.32 Å². The van der Waals surface area contributed by atoms with Crippen LogP contribution in [0.4, 0.5) is 5.69 Å². The highest BCUT2D eigenvalue weighted by molar-refractivity contribution is 6.31. The highest BCUT2D eigenvalue weighted by atomic mass is 35.5. The zero-order valence-corrected chi connectivity index (χ0v) is 15.2. The number of halogens is 1. The van der Waals surface area contributed by atoms with Gasteiger partial charge in [-0.15, -0.1) is 0 Å². The Morgan fingerprint density at radius 2 is 1.67 bits per heavy atom. The summed E-state index contributed by atoms with van der Waals surface area (Å²) < 4.78 is 0. The van der Waals surface area contributed by atoms with Gasteiger partial charge in [-0.3, -0.25) is 24.1 Å². The predicted molar refractivity (Wildman–Crippen MR) is 101 cm³/mol. The Kier molecular flexibility index (Phi) is 5.66. The molecule has 1 heterocycles. The zero-order valence-electron chi connectivity index (χ0n) is 14.4. The average Bonchev–Trinajstić information content (AvgIpc) is 2.99. The number of rotatable bonds is 6. The molecule has 6 nitrogen and oxygen atoms in total. The lowest BCUT2D eigenvalue weighted by molar-refractivity contribution is -0.138. The number of hydrogen-bond donors (Lipinski definition) is 1. The number of ketones is 1. The normalized spacial score (nSPS) is 13.7. The summed E-state index contributed by atoms with van der Waals surface area (Å²) in [6, 6.07) is 13.3. The van der Waals surface area contributed by atoms with E-state index in [2.05, 4.69) is 5.32 Å². The van der Waals surface area contributed by atoms with Gasteiger partial charge in [0.2, 0.25) is 17.7 Å². The van der Waals surface area contributed by atoms with E-state index in [0.717, 1.165) is 4.90 Å². The third kappa shape index (κ3) is 4.41. The summed E-state index contributed by atoms with van der Waals surface area (Å²) >= 11 is 6.02. The molecule has 0 spiro atoms. The molecule has 0 radical (unpaired) electrons. The molecule has 2 aromatic rings. The third-order valence-corrected chi connectivity index (χ3v) is 4.49. The van der Waals surface area contributed by atoms with Crippen molar-refractivity contribution in [2.75, 3.05) is 11.9 Å². The van der Waals surface area contributed by atoms with Crippen LogP contribution in [-0.2, 0) is 14.4 Å². The van der Waals surface area contributed by atoms with Crippen LogP contribution >= 0.6 is 11.6 Å². The first-order valence-electron chi connectivity index (χ1n) is 8.48. The maximum absolute atomic E-state index is 12.7. The Morgan fingerprint density at radius 1 is 1.00 bits per heavy atom. The number of carbonyl (C=O) groups excluding carboxylic acids is 4. The van der Waals surface area contributed by atoms with Crippen LogP contribution in [0.2, 0.25) is 5.02 Å². The molecule has 0 bridgehead atoms. The summed E-state index contributed by atoms with van der Waals surface area (Å²) in [6.45, 7) is 0.0268. The first-order valence-corrected chi connectivity index (χ1v) is 8.86. The van der Waals surface area contributed by atoms with Crippen molar-refractivity contribution in [2.24, 2.45) is 0 Å². The summed E-state index contributed by atoms with van der Waals surface area (Å²) in [5.41, 5.74) is 1.08. The van der Waals surface area contributed by atoms with Crippen molar-refractivity contribution in [3.63, 3.8) is 0 Å². The van der Waals surface area contributed by atoms with Gasteiger partial charge in [0.05, 0.1) is 5.69 Å². The molecule has 138 valence electrons. The van der Waals surface area contributed by atoms with Crippen molar-refractivity contribution in [2.45, 2.75) is 19.3 Å². The van der Waals surface area contributed by atoms with E-state index < -0.39 is 5.91 Å². The Hall–Kier alpha value is -2.99. The molecule has 2 aromatic carbocycles. The van der Waals surface area contributed by atoms with Gasteiger partial charge >= 0.3 is 0 Å². The maximum Gasteiger partial charge on any atom is 0.229 e. The summed E-state index contributed by atoms with van der Waals surface area (Å²) in [5, 5.41) is 3.05. The highest BCUT2D eigenvalue weighted by Crippen LogP contribution is 2.24. The van der Waals surface area contributed by atoms with Gasteiger partial charge in [-0.05, 0) is 18.2 Å². The van der Waals surface area contributed by atoms with Crippen molar-refractivity contribution in [3.05, 3.63) is 64.7 Å². The SMILES string of the molecule is O=C(CCN1C(=O)CCC1=O)Nc1ccc(Cl)cc1C(=O)c1ccccc1. The van der Waals surface area contributed by atoms with Crippen molar-refractivity contribution in [3.8, 4) is 0 Å². The average molecular weight is 385 g/mol. The van der Waals surface area contributed by atoms with E-state index in [1.54, 1.807) is 42.5 Å². The van der Waals surface area contributed by atoms with Crippen molar-refractivity contribution >= 4 is 40.8 Å². The number of likely N-dealkylation sites (tertiary alicyclic amines) is 1.